The molecule has 0 radical (unpaired) electrons. The van der Waals surface area contributed by atoms with Gasteiger partial charge in [0.2, 0.25) is 0 Å². The summed E-state index contributed by atoms with van der Waals surface area (Å²) in [4.78, 5) is 16.3. The Bertz CT molecular complexity index is 915. The summed E-state index contributed by atoms with van der Waals surface area (Å²) in [5, 5.41) is 12.0. The molecule has 2 aromatic carbocycles. The highest BCUT2D eigenvalue weighted by Crippen LogP contribution is 2.50. The Labute approximate surface area is 136 Å². The number of amides is 1. The standard InChI is InChI=1S/C18H11F2N3O/c19-11-5-6-12(13(20)7-11)14-15-16(14)22-17(23-18(15)24)10-3-1-9(8-21)2-4-10/h1-7,14-16H,(H,22,23,24). The van der Waals surface area contributed by atoms with Crippen molar-refractivity contribution >= 4 is 11.7 Å². The van der Waals surface area contributed by atoms with Crippen molar-refractivity contribution in [1.82, 2.24) is 5.32 Å². The van der Waals surface area contributed by atoms with Crippen molar-refractivity contribution in [3.63, 3.8) is 0 Å². The fourth-order valence-corrected chi connectivity index (χ4v) is 3.18. The van der Waals surface area contributed by atoms with Gasteiger partial charge in [-0.05, 0) is 35.9 Å². The Kier molecular flexibility index (Phi) is 3.17. The quantitative estimate of drug-likeness (QED) is 0.923. The van der Waals surface area contributed by atoms with Crippen LogP contribution in [0, 0.1) is 28.9 Å². The molecule has 3 unspecified atom stereocenters. The lowest BCUT2D eigenvalue weighted by atomic mass is 10.1. The molecule has 1 amide bonds. The van der Waals surface area contributed by atoms with E-state index in [1.807, 2.05) is 6.07 Å². The van der Waals surface area contributed by atoms with Crippen molar-refractivity contribution in [2.75, 3.05) is 0 Å². The third-order valence-electron chi connectivity index (χ3n) is 4.44. The zero-order chi connectivity index (χ0) is 16.8. The van der Waals surface area contributed by atoms with Crippen LogP contribution < -0.4 is 5.32 Å². The number of nitriles is 1. The Morgan fingerprint density at radius 1 is 1.08 bits per heavy atom. The second-order valence-corrected chi connectivity index (χ2v) is 5.88. The van der Waals surface area contributed by atoms with Gasteiger partial charge in [0.05, 0.1) is 17.6 Å². The van der Waals surface area contributed by atoms with E-state index in [0.29, 0.717) is 22.5 Å². The molecule has 118 valence electrons. The lowest BCUT2D eigenvalue weighted by Crippen LogP contribution is -2.34. The molecule has 0 saturated heterocycles. The van der Waals surface area contributed by atoms with Crippen LogP contribution in [0.25, 0.3) is 0 Å². The number of fused-ring (bicyclic) bond motifs is 1. The number of aliphatic imine (C=N–C) groups is 1. The summed E-state index contributed by atoms with van der Waals surface area (Å²) in [7, 11) is 0. The highest BCUT2D eigenvalue weighted by molar-refractivity contribution is 6.09. The van der Waals surface area contributed by atoms with E-state index in [9.17, 15) is 13.6 Å². The number of carbonyl (C=O) groups is 1. The number of nitrogens with zero attached hydrogens (tertiary/aromatic N) is 2. The minimum atomic E-state index is -0.649. The molecule has 1 fully saturated rings. The zero-order valence-electron chi connectivity index (χ0n) is 12.3. The molecule has 0 aromatic heterocycles. The van der Waals surface area contributed by atoms with Crippen LogP contribution in [0.15, 0.2) is 47.5 Å². The average molecular weight is 323 g/mol. The van der Waals surface area contributed by atoms with Crippen LogP contribution in [0.1, 0.15) is 22.6 Å². The fraction of sp³-hybridized carbons (Fsp3) is 0.167. The van der Waals surface area contributed by atoms with Crippen molar-refractivity contribution < 1.29 is 13.6 Å². The van der Waals surface area contributed by atoms with Gasteiger partial charge in [0, 0.05) is 23.6 Å². The normalized spacial score (nSPS) is 24.5. The Morgan fingerprint density at radius 3 is 2.50 bits per heavy atom. The Hall–Kier alpha value is -3.07. The Balaban J connectivity index is 1.60. The summed E-state index contributed by atoms with van der Waals surface area (Å²) >= 11 is 0. The molecule has 0 spiro atoms. The number of carbonyl (C=O) groups excluding carboxylic acids is 1. The highest BCUT2D eigenvalue weighted by Gasteiger charge is 2.59. The maximum Gasteiger partial charge on any atom is 0.253 e. The molecule has 4 nitrogen and oxygen atoms in total. The molecule has 24 heavy (non-hydrogen) atoms. The van der Waals surface area contributed by atoms with Crippen LogP contribution in [0.4, 0.5) is 8.78 Å². The van der Waals surface area contributed by atoms with E-state index in [2.05, 4.69) is 10.3 Å². The average Bonchev–Trinajstić information content (AvgIpc) is 3.29. The third kappa shape index (κ3) is 2.26. The fourth-order valence-electron chi connectivity index (χ4n) is 3.18. The molecule has 1 heterocycles. The van der Waals surface area contributed by atoms with Crippen molar-refractivity contribution in [2.45, 2.75) is 12.0 Å². The van der Waals surface area contributed by atoms with Crippen LogP contribution in [0.3, 0.4) is 0 Å². The maximum atomic E-state index is 14.0. The summed E-state index contributed by atoms with van der Waals surface area (Å²) in [5.74, 6) is -1.97. The van der Waals surface area contributed by atoms with Crippen LogP contribution in [-0.4, -0.2) is 17.8 Å². The molecule has 2 aromatic rings. The number of amidine groups is 1. The first-order valence-corrected chi connectivity index (χ1v) is 7.43. The molecule has 1 aliphatic carbocycles. The van der Waals surface area contributed by atoms with E-state index in [-0.39, 0.29) is 17.9 Å². The number of nitrogens with one attached hydrogen (secondary N) is 1. The Morgan fingerprint density at radius 2 is 1.83 bits per heavy atom. The molecule has 1 N–H and O–H groups in total. The van der Waals surface area contributed by atoms with Gasteiger partial charge in [0.15, 0.2) is 0 Å². The van der Waals surface area contributed by atoms with Crippen LogP contribution >= 0.6 is 0 Å². The summed E-state index contributed by atoms with van der Waals surface area (Å²) in [6.07, 6.45) is 0. The minimum absolute atomic E-state index is 0.249. The first kappa shape index (κ1) is 14.5. The van der Waals surface area contributed by atoms with Crippen molar-refractivity contribution in [1.29, 1.82) is 5.26 Å². The molecular weight excluding hydrogens is 312 g/mol. The van der Waals surface area contributed by atoms with Crippen molar-refractivity contribution in [3.05, 3.63) is 70.8 Å². The SMILES string of the molecule is N#Cc1ccc(C2=NC(=O)C3C(N2)C3c2ccc(F)cc2F)cc1. The first-order valence-electron chi connectivity index (χ1n) is 7.43. The van der Waals surface area contributed by atoms with E-state index in [1.54, 1.807) is 24.3 Å². The maximum absolute atomic E-state index is 14.0. The van der Waals surface area contributed by atoms with E-state index >= 15 is 0 Å². The zero-order valence-corrected chi connectivity index (χ0v) is 12.3. The molecule has 1 aliphatic heterocycles. The lowest BCUT2D eigenvalue weighted by molar-refractivity contribution is -0.119. The van der Waals surface area contributed by atoms with E-state index in [0.717, 1.165) is 6.07 Å². The van der Waals surface area contributed by atoms with Gasteiger partial charge in [-0.2, -0.15) is 10.3 Å². The molecule has 4 rings (SSSR count). The molecule has 0 bridgehead atoms. The third-order valence-corrected chi connectivity index (χ3v) is 4.44. The number of rotatable bonds is 2. The van der Waals surface area contributed by atoms with Gasteiger partial charge in [-0.1, -0.05) is 6.07 Å². The van der Waals surface area contributed by atoms with Crippen molar-refractivity contribution in [2.24, 2.45) is 10.9 Å². The molecule has 1 saturated carbocycles. The van der Waals surface area contributed by atoms with Gasteiger partial charge < -0.3 is 5.32 Å². The lowest BCUT2D eigenvalue weighted by Gasteiger charge is -2.13. The van der Waals surface area contributed by atoms with Gasteiger partial charge in [0.1, 0.15) is 17.5 Å². The summed E-state index contributed by atoms with van der Waals surface area (Å²) in [6, 6.07) is 11.9. The monoisotopic (exact) mass is 323 g/mol. The minimum Gasteiger partial charge on any atom is -0.365 e. The van der Waals surface area contributed by atoms with E-state index in [1.165, 1.54) is 12.1 Å². The number of benzene rings is 2. The molecule has 2 aliphatic rings. The number of halogens is 2. The second-order valence-electron chi connectivity index (χ2n) is 5.88. The van der Waals surface area contributed by atoms with Gasteiger partial charge in [0.25, 0.3) is 5.91 Å². The summed E-state index contributed by atoms with van der Waals surface area (Å²) in [5.41, 5.74) is 1.52. The summed E-state index contributed by atoms with van der Waals surface area (Å²) < 4.78 is 27.0. The van der Waals surface area contributed by atoms with E-state index in [4.69, 9.17) is 5.26 Å². The van der Waals surface area contributed by atoms with Gasteiger partial charge in [-0.15, -0.1) is 0 Å². The van der Waals surface area contributed by atoms with Crippen LogP contribution in [-0.2, 0) is 4.79 Å². The topological polar surface area (TPSA) is 65.2 Å². The van der Waals surface area contributed by atoms with Crippen LogP contribution in [0.5, 0.6) is 0 Å². The van der Waals surface area contributed by atoms with Crippen LogP contribution in [0.2, 0.25) is 0 Å². The summed E-state index contributed by atoms with van der Waals surface area (Å²) in [6.45, 7) is 0. The first-order chi connectivity index (χ1) is 11.6. The molecule has 6 heteroatoms. The van der Waals surface area contributed by atoms with Gasteiger partial charge in [-0.3, -0.25) is 4.79 Å². The predicted octanol–water partition coefficient (Wildman–Crippen LogP) is 2.50. The number of hydrogen-bond donors (Lipinski definition) is 1. The smallest absolute Gasteiger partial charge is 0.253 e. The van der Waals surface area contributed by atoms with Gasteiger partial charge >= 0.3 is 0 Å². The van der Waals surface area contributed by atoms with Gasteiger partial charge in [-0.25, -0.2) is 8.78 Å². The highest BCUT2D eigenvalue weighted by atomic mass is 19.1. The second kappa shape index (κ2) is 5.24. The van der Waals surface area contributed by atoms with Crippen molar-refractivity contribution in [3.8, 4) is 6.07 Å². The molecular formula is C18H11F2N3O. The molecule has 3 atom stereocenters. The largest absolute Gasteiger partial charge is 0.365 e. The predicted molar refractivity (Wildman–Crippen MR) is 82.2 cm³/mol. The number of hydrogen-bond acceptors (Lipinski definition) is 3. The van der Waals surface area contributed by atoms with E-state index < -0.39 is 17.6 Å².